The molecule has 0 radical (unpaired) electrons. The largest absolute Gasteiger partial charge is 0.496 e. The first-order valence-electron chi connectivity index (χ1n) is 12.3. The van der Waals surface area contributed by atoms with Crippen molar-refractivity contribution in [3.05, 3.63) is 69.8 Å². The summed E-state index contributed by atoms with van der Waals surface area (Å²) >= 11 is 2.94. The van der Waals surface area contributed by atoms with Gasteiger partial charge in [0.05, 0.1) is 42.9 Å². The molecular weight excluding hydrogens is 550 g/mol. The number of amides is 1. The van der Waals surface area contributed by atoms with Gasteiger partial charge in [0.1, 0.15) is 29.4 Å². The van der Waals surface area contributed by atoms with E-state index >= 15 is 0 Å². The zero-order valence-electron chi connectivity index (χ0n) is 22.2. The molecule has 0 aliphatic rings. The molecular formula is C28H25N5O5S2. The number of imidazole rings is 1. The van der Waals surface area contributed by atoms with Crippen molar-refractivity contribution >= 4 is 50.2 Å². The summed E-state index contributed by atoms with van der Waals surface area (Å²) in [6.45, 7) is 4.20. The highest BCUT2D eigenvalue weighted by Gasteiger charge is 2.17. The van der Waals surface area contributed by atoms with Crippen LogP contribution in [0.5, 0.6) is 16.7 Å². The monoisotopic (exact) mass is 575 g/mol. The fourth-order valence-corrected chi connectivity index (χ4v) is 5.86. The number of fused-ring (bicyclic) bond motifs is 2. The SMILES string of the molecule is COc1cc(OCc2cccc(NC(=O)Cc3nc(C)sc3C)c2)c2cc(-c3cn4nc(OC)sc4n3)oc2c1. The van der Waals surface area contributed by atoms with Crippen molar-refractivity contribution in [1.29, 1.82) is 0 Å². The topological polar surface area (TPSA) is 113 Å². The van der Waals surface area contributed by atoms with E-state index in [1.54, 1.807) is 36.3 Å². The lowest BCUT2D eigenvalue weighted by Crippen LogP contribution is -2.15. The van der Waals surface area contributed by atoms with Gasteiger partial charge in [-0.05, 0) is 48.9 Å². The molecule has 6 aromatic rings. The molecule has 2 aromatic carbocycles. The van der Waals surface area contributed by atoms with Gasteiger partial charge in [-0.3, -0.25) is 4.79 Å². The fraction of sp³-hybridized carbons (Fsp3) is 0.214. The third kappa shape index (κ3) is 5.23. The zero-order valence-corrected chi connectivity index (χ0v) is 23.8. The Balaban J connectivity index is 1.20. The number of nitrogens with one attached hydrogen (secondary N) is 1. The van der Waals surface area contributed by atoms with Crippen LogP contribution in [0, 0.1) is 13.8 Å². The number of anilines is 1. The molecule has 10 nitrogen and oxygen atoms in total. The molecule has 12 heteroatoms. The maximum absolute atomic E-state index is 12.6. The molecule has 40 heavy (non-hydrogen) atoms. The number of hydrogen-bond acceptors (Lipinski definition) is 10. The summed E-state index contributed by atoms with van der Waals surface area (Å²) in [6, 6.07) is 13.1. The maximum atomic E-state index is 12.6. The number of thiazole rings is 1. The number of carbonyl (C=O) groups excluding carboxylic acids is 1. The average Bonchev–Trinajstić information content (AvgIpc) is 3.69. The Hall–Kier alpha value is -4.42. The van der Waals surface area contributed by atoms with Crippen molar-refractivity contribution in [3.8, 4) is 28.1 Å². The van der Waals surface area contributed by atoms with Crippen LogP contribution in [0.4, 0.5) is 5.69 Å². The fourth-order valence-electron chi connectivity index (χ4n) is 4.32. The Morgan fingerprint density at radius 1 is 1.07 bits per heavy atom. The lowest BCUT2D eigenvalue weighted by atomic mass is 10.2. The number of methoxy groups -OCH3 is 2. The van der Waals surface area contributed by atoms with Crippen LogP contribution < -0.4 is 19.5 Å². The minimum Gasteiger partial charge on any atom is -0.496 e. The number of benzene rings is 2. The van der Waals surface area contributed by atoms with Crippen LogP contribution in [0.1, 0.15) is 21.1 Å². The number of ether oxygens (including phenoxy) is 3. The lowest BCUT2D eigenvalue weighted by Gasteiger charge is -2.11. The smallest absolute Gasteiger partial charge is 0.294 e. The number of aryl methyl sites for hydroxylation is 2. The molecule has 0 bridgehead atoms. The van der Waals surface area contributed by atoms with E-state index in [9.17, 15) is 4.79 Å². The normalized spacial score (nSPS) is 11.3. The summed E-state index contributed by atoms with van der Waals surface area (Å²) in [4.78, 5) is 23.5. The Morgan fingerprint density at radius 3 is 2.70 bits per heavy atom. The summed E-state index contributed by atoms with van der Waals surface area (Å²) in [5, 5.41) is 9.57. The quantitative estimate of drug-likeness (QED) is 0.222. The predicted octanol–water partition coefficient (Wildman–Crippen LogP) is 6.05. The minimum absolute atomic E-state index is 0.111. The van der Waals surface area contributed by atoms with E-state index in [4.69, 9.17) is 18.6 Å². The Kier molecular flexibility index (Phi) is 6.86. The number of rotatable bonds is 9. The van der Waals surface area contributed by atoms with Crippen molar-refractivity contribution in [1.82, 2.24) is 19.6 Å². The number of nitrogens with zero attached hydrogens (tertiary/aromatic N) is 4. The van der Waals surface area contributed by atoms with E-state index in [0.29, 0.717) is 44.4 Å². The van der Waals surface area contributed by atoms with Crippen molar-refractivity contribution in [2.75, 3.05) is 19.5 Å². The molecule has 0 unspecified atom stereocenters. The second-order valence-corrected chi connectivity index (χ2v) is 11.3. The highest BCUT2D eigenvalue weighted by molar-refractivity contribution is 7.18. The molecule has 4 aromatic heterocycles. The van der Waals surface area contributed by atoms with Crippen LogP contribution in [0.2, 0.25) is 0 Å². The standard InChI is InChI=1S/C28H25N5O5S2/c1-15-21(29-16(2)39-15)12-26(34)30-18-7-5-6-17(8-18)14-37-23-9-19(35-3)10-24-20(23)11-25(38-24)22-13-33-27(31-22)40-28(32-33)36-4/h5-11,13H,12,14H2,1-4H3,(H,30,34). The van der Waals surface area contributed by atoms with E-state index in [0.717, 1.165) is 26.5 Å². The van der Waals surface area contributed by atoms with Gasteiger partial charge < -0.3 is 23.9 Å². The van der Waals surface area contributed by atoms with Crippen LogP contribution in [0.25, 0.3) is 27.4 Å². The third-order valence-electron chi connectivity index (χ3n) is 6.19. The summed E-state index contributed by atoms with van der Waals surface area (Å²) in [5.41, 5.74) is 3.66. The molecule has 204 valence electrons. The van der Waals surface area contributed by atoms with Gasteiger partial charge >= 0.3 is 0 Å². The van der Waals surface area contributed by atoms with Crippen molar-refractivity contribution < 1.29 is 23.4 Å². The van der Waals surface area contributed by atoms with E-state index < -0.39 is 0 Å². The summed E-state index contributed by atoms with van der Waals surface area (Å²) < 4.78 is 24.7. The number of furan rings is 1. The zero-order chi connectivity index (χ0) is 27.8. The minimum atomic E-state index is -0.111. The van der Waals surface area contributed by atoms with E-state index in [2.05, 4.69) is 20.4 Å². The Bertz CT molecular complexity index is 1820. The van der Waals surface area contributed by atoms with Crippen LogP contribution in [0.15, 0.2) is 53.1 Å². The van der Waals surface area contributed by atoms with Gasteiger partial charge in [-0.2, -0.15) is 0 Å². The second kappa shape index (κ2) is 10.6. The van der Waals surface area contributed by atoms with Gasteiger partial charge in [0.15, 0.2) is 5.76 Å². The highest BCUT2D eigenvalue weighted by atomic mass is 32.1. The molecule has 0 saturated carbocycles. The molecule has 0 spiro atoms. The summed E-state index contributed by atoms with van der Waals surface area (Å²) in [5.74, 6) is 1.68. The lowest BCUT2D eigenvalue weighted by molar-refractivity contribution is -0.115. The molecule has 0 aliphatic heterocycles. The van der Waals surface area contributed by atoms with Crippen LogP contribution in [0.3, 0.4) is 0 Å². The van der Waals surface area contributed by atoms with Gasteiger partial charge in [0.25, 0.3) is 5.19 Å². The van der Waals surface area contributed by atoms with Crippen LogP contribution in [-0.4, -0.2) is 39.7 Å². The van der Waals surface area contributed by atoms with Gasteiger partial charge in [0.2, 0.25) is 10.9 Å². The second-order valence-electron chi connectivity index (χ2n) is 9.02. The number of hydrogen-bond donors (Lipinski definition) is 1. The maximum Gasteiger partial charge on any atom is 0.294 e. The van der Waals surface area contributed by atoms with Crippen molar-refractivity contribution in [2.24, 2.45) is 0 Å². The van der Waals surface area contributed by atoms with Crippen molar-refractivity contribution in [3.63, 3.8) is 0 Å². The van der Waals surface area contributed by atoms with Gasteiger partial charge in [-0.25, -0.2) is 14.5 Å². The first-order valence-corrected chi connectivity index (χ1v) is 14.0. The molecule has 0 saturated heterocycles. The average molecular weight is 576 g/mol. The predicted molar refractivity (Wildman–Crippen MR) is 154 cm³/mol. The molecule has 0 aliphatic carbocycles. The summed E-state index contributed by atoms with van der Waals surface area (Å²) in [6.07, 6.45) is 2.03. The van der Waals surface area contributed by atoms with E-state index in [-0.39, 0.29) is 18.9 Å². The molecule has 6 rings (SSSR count). The van der Waals surface area contributed by atoms with Crippen LogP contribution in [-0.2, 0) is 17.8 Å². The number of aromatic nitrogens is 4. The first kappa shape index (κ1) is 25.8. The molecule has 1 amide bonds. The highest BCUT2D eigenvalue weighted by Crippen LogP contribution is 2.37. The molecule has 0 fully saturated rings. The first-order chi connectivity index (χ1) is 19.4. The van der Waals surface area contributed by atoms with E-state index in [1.165, 1.54) is 11.3 Å². The third-order valence-corrected chi connectivity index (χ3v) is 8.01. The Morgan fingerprint density at radius 2 is 1.95 bits per heavy atom. The van der Waals surface area contributed by atoms with Crippen LogP contribution >= 0.6 is 22.7 Å². The van der Waals surface area contributed by atoms with Gasteiger partial charge in [-0.1, -0.05) is 12.1 Å². The number of carbonyl (C=O) groups is 1. The molecule has 1 N–H and O–H groups in total. The van der Waals surface area contributed by atoms with E-state index in [1.807, 2.05) is 56.3 Å². The Labute approximate surface area is 237 Å². The van der Waals surface area contributed by atoms with Gasteiger partial charge in [-0.15, -0.1) is 16.4 Å². The summed E-state index contributed by atoms with van der Waals surface area (Å²) in [7, 11) is 3.17. The van der Waals surface area contributed by atoms with Gasteiger partial charge in [0, 0.05) is 22.7 Å². The van der Waals surface area contributed by atoms with Crippen molar-refractivity contribution in [2.45, 2.75) is 26.9 Å². The molecule has 4 heterocycles. The molecule has 0 atom stereocenters.